The molecule has 1 nitrogen and oxygen atoms in total. The first-order valence-electron chi connectivity index (χ1n) is 7.82. The van der Waals surface area contributed by atoms with Crippen LogP contribution in [0.25, 0.3) is 29.1 Å². The van der Waals surface area contributed by atoms with E-state index >= 15 is 0 Å². The second-order valence-electron chi connectivity index (χ2n) is 5.45. The van der Waals surface area contributed by atoms with Crippen LogP contribution in [0, 0.1) is 6.57 Å². The van der Waals surface area contributed by atoms with Crippen LogP contribution in [0.1, 0.15) is 22.3 Å². The van der Waals surface area contributed by atoms with Gasteiger partial charge in [-0.05, 0) is 22.3 Å². The first-order chi connectivity index (χ1) is 11.8. The molecule has 0 saturated carbocycles. The predicted molar refractivity (Wildman–Crippen MR) is 103 cm³/mol. The van der Waals surface area contributed by atoms with Crippen LogP contribution in [-0.2, 0) is 0 Å². The third-order valence-corrected chi connectivity index (χ3v) is 3.69. The van der Waals surface area contributed by atoms with Crippen molar-refractivity contribution < 1.29 is 0 Å². The summed E-state index contributed by atoms with van der Waals surface area (Å²) < 4.78 is 0. The lowest BCUT2D eigenvalue weighted by Gasteiger charge is -1.98. The smallest absolute Gasteiger partial charge is 0.187 e. The number of benzene rings is 3. The fourth-order valence-electron chi connectivity index (χ4n) is 2.33. The molecule has 0 unspecified atom stereocenters. The van der Waals surface area contributed by atoms with E-state index in [1.807, 2.05) is 42.5 Å². The van der Waals surface area contributed by atoms with Crippen LogP contribution >= 0.6 is 0 Å². The Morgan fingerprint density at radius 1 is 0.500 bits per heavy atom. The fraction of sp³-hybridized carbons (Fsp3) is 0. The van der Waals surface area contributed by atoms with E-state index < -0.39 is 0 Å². The Morgan fingerprint density at radius 3 is 1.29 bits per heavy atom. The summed E-state index contributed by atoms with van der Waals surface area (Å²) in [7, 11) is 0. The van der Waals surface area contributed by atoms with E-state index in [9.17, 15) is 0 Å². The van der Waals surface area contributed by atoms with Gasteiger partial charge in [-0.2, -0.15) is 0 Å². The molecule has 0 fully saturated rings. The van der Waals surface area contributed by atoms with Gasteiger partial charge in [-0.15, -0.1) is 0 Å². The lowest BCUT2D eigenvalue weighted by atomic mass is 10.1. The van der Waals surface area contributed by atoms with E-state index in [4.69, 9.17) is 6.57 Å². The topological polar surface area (TPSA) is 4.36 Å². The highest BCUT2D eigenvalue weighted by atomic mass is 14.6. The molecule has 0 aliphatic rings. The zero-order valence-corrected chi connectivity index (χ0v) is 13.3. The van der Waals surface area contributed by atoms with Gasteiger partial charge in [0, 0.05) is 0 Å². The van der Waals surface area contributed by atoms with Crippen molar-refractivity contribution in [2.24, 2.45) is 0 Å². The van der Waals surface area contributed by atoms with Crippen molar-refractivity contribution in [3.63, 3.8) is 0 Å². The lowest BCUT2D eigenvalue weighted by molar-refractivity contribution is 1.61. The van der Waals surface area contributed by atoms with Gasteiger partial charge < -0.3 is 0 Å². The number of nitrogens with zero attached hydrogens (tertiary/aromatic N) is 1. The molecule has 3 aromatic carbocycles. The minimum absolute atomic E-state index is 0.668. The molecule has 1 heteroatoms. The van der Waals surface area contributed by atoms with Crippen molar-refractivity contribution in [3.8, 4) is 0 Å². The van der Waals surface area contributed by atoms with Crippen molar-refractivity contribution in [1.29, 1.82) is 0 Å². The molecule has 0 aliphatic carbocycles. The van der Waals surface area contributed by atoms with Crippen LogP contribution in [0.3, 0.4) is 0 Å². The lowest BCUT2D eigenvalue weighted by Crippen LogP contribution is -1.76. The van der Waals surface area contributed by atoms with E-state index in [1.165, 1.54) is 11.1 Å². The summed E-state index contributed by atoms with van der Waals surface area (Å²) in [6.07, 6.45) is 8.37. The highest BCUT2D eigenvalue weighted by Crippen LogP contribution is 2.15. The van der Waals surface area contributed by atoms with Crippen LogP contribution in [0.4, 0.5) is 5.69 Å². The van der Waals surface area contributed by atoms with Crippen LogP contribution < -0.4 is 0 Å². The Bertz CT molecular complexity index is 878. The first-order valence-corrected chi connectivity index (χ1v) is 7.82. The Hall–Kier alpha value is -3.37. The van der Waals surface area contributed by atoms with Crippen molar-refractivity contribution in [2.45, 2.75) is 0 Å². The third kappa shape index (κ3) is 4.32. The summed E-state index contributed by atoms with van der Waals surface area (Å²) >= 11 is 0. The quantitative estimate of drug-likeness (QED) is 0.379. The number of hydrogen-bond acceptors (Lipinski definition) is 0. The maximum atomic E-state index is 6.96. The largest absolute Gasteiger partial charge is 0.238 e. The second-order valence-corrected chi connectivity index (χ2v) is 5.45. The summed E-state index contributed by atoms with van der Waals surface area (Å²) in [5.74, 6) is 0. The minimum atomic E-state index is 0.668. The fourth-order valence-corrected chi connectivity index (χ4v) is 2.33. The monoisotopic (exact) mass is 307 g/mol. The maximum Gasteiger partial charge on any atom is 0.187 e. The van der Waals surface area contributed by atoms with Gasteiger partial charge in [0.1, 0.15) is 0 Å². The molecular weight excluding hydrogens is 290 g/mol. The average Bonchev–Trinajstić information content (AvgIpc) is 2.67. The summed E-state index contributed by atoms with van der Waals surface area (Å²) in [6.45, 7) is 6.96. The van der Waals surface area contributed by atoms with Crippen LogP contribution in [-0.4, -0.2) is 0 Å². The molecule has 3 rings (SSSR count). The zero-order valence-electron chi connectivity index (χ0n) is 13.3. The van der Waals surface area contributed by atoms with Gasteiger partial charge in [0.05, 0.1) is 6.57 Å². The molecule has 0 aliphatic heterocycles. The van der Waals surface area contributed by atoms with Gasteiger partial charge in [-0.1, -0.05) is 103 Å². The SMILES string of the molecule is [C-]#[N+]c1ccc(C=Cc2ccc(C=Cc3ccccc3)cc2)cc1. The molecule has 0 bridgehead atoms. The molecule has 0 heterocycles. The van der Waals surface area contributed by atoms with Gasteiger partial charge in [-0.3, -0.25) is 0 Å². The second kappa shape index (κ2) is 7.76. The van der Waals surface area contributed by atoms with Gasteiger partial charge in [0.2, 0.25) is 0 Å². The summed E-state index contributed by atoms with van der Waals surface area (Å²) in [5, 5.41) is 0. The highest BCUT2D eigenvalue weighted by Gasteiger charge is 1.92. The van der Waals surface area contributed by atoms with Crippen LogP contribution in [0.5, 0.6) is 0 Å². The van der Waals surface area contributed by atoms with Crippen molar-refractivity contribution in [2.75, 3.05) is 0 Å². The van der Waals surface area contributed by atoms with Gasteiger partial charge in [0.15, 0.2) is 5.69 Å². The van der Waals surface area contributed by atoms with Crippen molar-refractivity contribution >= 4 is 30.0 Å². The Morgan fingerprint density at radius 2 is 0.875 bits per heavy atom. The Kier molecular flexibility index (Phi) is 5.02. The van der Waals surface area contributed by atoms with Gasteiger partial charge in [-0.25, -0.2) is 4.85 Å². The number of hydrogen-bond donors (Lipinski definition) is 0. The molecule has 24 heavy (non-hydrogen) atoms. The zero-order chi connectivity index (χ0) is 16.6. The van der Waals surface area contributed by atoms with E-state index in [-0.39, 0.29) is 0 Å². The highest BCUT2D eigenvalue weighted by molar-refractivity contribution is 5.73. The summed E-state index contributed by atoms with van der Waals surface area (Å²) in [5.41, 5.74) is 5.29. The Balaban J connectivity index is 1.67. The molecule has 0 radical (unpaired) electrons. The molecule has 0 aromatic heterocycles. The third-order valence-electron chi connectivity index (χ3n) is 3.69. The molecular formula is C23H17N. The summed E-state index contributed by atoms with van der Waals surface area (Å²) in [4.78, 5) is 3.40. The van der Waals surface area contributed by atoms with Crippen molar-refractivity contribution in [1.82, 2.24) is 0 Å². The normalized spacial score (nSPS) is 11.0. The first kappa shape index (κ1) is 15.5. The number of rotatable bonds is 4. The molecule has 0 atom stereocenters. The van der Waals surface area contributed by atoms with Gasteiger partial charge >= 0.3 is 0 Å². The maximum absolute atomic E-state index is 6.96. The van der Waals surface area contributed by atoms with E-state index in [0.717, 1.165) is 11.1 Å². The molecule has 3 aromatic rings. The molecule has 0 amide bonds. The molecule has 0 spiro atoms. The van der Waals surface area contributed by atoms with E-state index in [2.05, 4.69) is 65.5 Å². The molecule has 0 saturated heterocycles. The van der Waals surface area contributed by atoms with Crippen LogP contribution in [0.2, 0.25) is 0 Å². The van der Waals surface area contributed by atoms with E-state index in [1.54, 1.807) is 0 Å². The average molecular weight is 307 g/mol. The summed E-state index contributed by atoms with van der Waals surface area (Å²) in [6, 6.07) is 26.3. The van der Waals surface area contributed by atoms with E-state index in [0.29, 0.717) is 5.69 Å². The standard InChI is InChI=1S/C23H17N/c1-24-23-17-15-22(16-18-23)14-13-21-11-9-20(10-12-21)8-7-19-5-3-2-4-6-19/h2-18H. The van der Waals surface area contributed by atoms with Crippen LogP contribution in [0.15, 0.2) is 78.9 Å². The predicted octanol–water partition coefficient (Wildman–Crippen LogP) is 6.58. The molecule has 114 valence electrons. The minimum Gasteiger partial charge on any atom is -0.238 e. The molecule has 0 N–H and O–H groups in total. The Labute approximate surface area is 143 Å². The van der Waals surface area contributed by atoms with Gasteiger partial charge in [0.25, 0.3) is 0 Å². The van der Waals surface area contributed by atoms with Crippen molar-refractivity contribution in [3.05, 3.63) is 113 Å².